The van der Waals surface area contributed by atoms with Crippen LogP contribution in [0.25, 0.3) is 0 Å². The van der Waals surface area contributed by atoms with E-state index in [1.54, 1.807) is 19.9 Å². The third-order valence-corrected chi connectivity index (χ3v) is 4.34. The Balaban J connectivity index is 2.88. The summed E-state index contributed by atoms with van der Waals surface area (Å²) in [6.07, 6.45) is 9.02. The molecule has 0 aromatic carbocycles. The lowest BCUT2D eigenvalue weighted by molar-refractivity contribution is 0.117. The summed E-state index contributed by atoms with van der Waals surface area (Å²) in [4.78, 5) is 0. The molecule has 0 radical (unpaired) electrons. The number of allylic oxidation sites excluding steroid dienone is 3. The molecule has 2 nitrogen and oxygen atoms in total. The molecule has 22 heavy (non-hydrogen) atoms. The van der Waals surface area contributed by atoms with Gasteiger partial charge < -0.3 is 10.2 Å². The summed E-state index contributed by atoms with van der Waals surface area (Å²) < 4.78 is 0. The SMILES string of the molecule is C=CC(C)(O)CC#CC(C)(O)C=CC1=C(C)CCCC1(C)C. The zero-order valence-electron chi connectivity index (χ0n) is 14.7. The first-order valence-electron chi connectivity index (χ1n) is 7.97. The van der Waals surface area contributed by atoms with Crippen molar-refractivity contribution in [3.8, 4) is 11.8 Å². The van der Waals surface area contributed by atoms with E-state index in [1.165, 1.54) is 30.1 Å². The van der Waals surface area contributed by atoms with Crippen LogP contribution in [0.5, 0.6) is 0 Å². The van der Waals surface area contributed by atoms with Crippen molar-refractivity contribution in [1.82, 2.24) is 0 Å². The van der Waals surface area contributed by atoms with Gasteiger partial charge in [-0.25, -0.2) is 0 Å². The van der Waals surface area contributed by atoms with E-state index in [0.29, 0.717) is 0 Å². The molecular weight excluding hydrogens is 272 g/mol. The lowest BCUT2D eigenvalue weighted by Crippen LogP contribution is -2.22. The van der Waals surface area contributed by atoms with Gasteiger partial charge in [0.05, 0.1) is 5.60 Å². The van der Waals surface area contributed by atoms with Gasteiger partial charge in [-0.1, -0.05) is 43.4 Å². The minimum absolute atomic E-state index is 0.148. The van der Waals surface area contributed by atoms with Gasteiger partial charge in [0.15, 0.2) is 0 Å². The Morgan fingerprint density at radius 3 is 2.50 bits per heavy atom. The molecule has 2 unspecified atom stereocenters. The lowest BCUT2D eigenvalue weighted by Gasteiger charge is -2.33. The van der Waals surface area contributed by atoms with Crippen molar-refractivity contribution < 1.29 is 10.2 Å². The van der Waals surface area contributed by atoms with Gasteiger partial charge >= 0.3 is 0 Å². The first-order chi connectivity index (χ1) is 9.99. The second-order valence-corrected chi connectivity index (χ2v) is 7.45. The van der Waals surface area contributed by atoms with Crippen LogP contribution in [-0.4, -0.2) is 21.4 Å². The zero-order chi connectivity index (χ0) is 17.0. The molecule has 2 atom stereocenters. The summed E-state index contributed by atoms with van der Waals surface area (Å²) in [7, 11) is 0. The Morgan fingerprint density at radius 2 is 1.95 bits per heavy atom. The summed E-state index contributed by atoms with van der Waals surface area (Å²) in [5.41, 5.74) is 0.634. The number of hydrogen-bond donors (Lipinski definition) is 2. The summed E-state index contributed by atoms with van der Waals surface area (Å²) >= 11 is 0. The van der Waals surface area contributed by atoms with Crippen LogP contribution in [0.1, 0.15) is 60.3 Å². The van der Waals surface area contributed by atoms with E-state index in [9.17, 15) is 10.2 Å². The van der Waals surface area contributed by atoms with Crippen molar-refractivity contribution in [3.63, 3.8) is 0 Å². The van der Waals surface area contributed by atoms with Gasteiger partial charge in [-0.2, -0.15) is 0 Å². The topological polar surface area (TPSA) is 40.5 Å². The lowest BCUT2D eigenvalue weighted by atomic mass is 9.72. The van der Waals surface area contributed by atoms with E-state index < -0.39 is 11.2 Å². The Kier molecular flexibility index (Phi) is 5.84. The smallest absolute Gasteiger partial charge is 0.141 e. The van der Waals surface area contributed by atoms with E-state index in [4.69, 9.17) is 0 Å². The van der Waals surface area contributed by atoms with E-state index in [2.05, 4.69) is 39.2 Å². The van der Waals surface area contributed by atoms with Crippen LogP contribution >= 0.6 is 0 Å². The highest BCUT2D eigenvalue weighted by atomic mass is 16.3. The number of hydrogen-bond acceptors (Lipinski definition) is 2. The van der Waals surface area contributed by atoms with Crippen molar-refractivity contribution in [2.45, 2.75) is 71.5 Å². The number of rotatable bonds is 4. The van der Waals surface area contributed by atoms with Crippen LogP contribution in [-0.2, 0) is 0 Å². The molecule has 1 aliphatic carbocycles. The monoisotopic (exact) mass is 302 g/mol. The van der Waals surface area contributed by atoms with Crippen molar-refractivity contribution in [3.05, 3.63) is 36.0 Å². The van der Waals surface area contributed by atoms with Crippen molar-refractivity contribution in [1.29, 1.82) is 0 Å². The molecule has 0 fully saturated rings. The van der Waals surface area contributed by atoms with Gasteiger partial charge in [0, 0.05) is 6.42 Å². The van der Waals surface area contributed by atoms with Gasteiger partial charge in [-0.05, 0) is 57.1 Å². The van der Waals surface area contributed by atoms with Crippen LogP contribution in [0.2, 0.25) is 0 Å². The minimum Gasteiger partial charge on any atom is -0.385 e. The second-order valence-electron chi connectivity index (χ2n) is 7.45. The van der Waals surface area contributed by atoms with Gasteiger partial charge in [0.25, 0.3) is 0 Å². The quantitative estimate of drug-likeness (QED) is 0.605. The van der Waals surface area contributed by atoms with E-state index >= 15 is 0 Å². The largest absolute Gasteiger partial charge is 0.385 e. The third kappa shape index (κ3) is 5.48. The first-order valence-corrected chi connectivity index (χ1v) is 7.97. The molecule has 2 N–H and O–H groups in total. The van der Waals surface area contributed by atoms with Crippen molar-refractivity contribution in [2.75, 3.05) is 0 Å². The van der Waals surface area contributed by atoms with Crippen LogP contribution in [0, 0.1) is 17.3 Å². The highest BCUT2D eigenvalue weighted by Crippen LogP contribution is 2.40. The Hall–Kier alpha value is -1.30. The first kappa shape index (κ1) is 18.7. The highest BCUT2D eigenvalue weighted by molar-refractivity contribution is 5.35. The summed E-state index contributed by atoms with van der Waals surface area (Å²) in [5.74, 6) is 5.67. The van der Waals surface area contributed by atoms with Gasteiger partial charge in [-0.15, -0.1) is 6.58 Å². The third-order valence-electron chi connectivity index (χ3n) is 4.34. The average Bonchev–Trinajstić information content (AvgIpc) is 2.36. The molecule has 2 heteroatoms. The molecule has 1 rings (SSSR count). The second kappa shape index (κ2) is 6.86. The molecule has 122 valence electrons. The Labute approximate surface area is 135 Å². The normalized spacial score (nSPS) is 23.4. The fourth-order valence-electron chi connectivity index (χ4n) is 2.77. The highest BCUT2D eigenvalue weighted by Gasteiger charge is 2.27. The van der Waals surface area contributed by atoms with E-state index in [-0.39, 0.29) is 11.8 Å². The maximum atomic E-state index is 10.4. The summed E-state index contributed by atoms with van der Waals surface area (Å²) in [6, 6.07) is 0. The summed E-state index contributed by atoms with van der Waals surface area (Å²) in [5, 5.41) is 20.2. The zero-order valence-corrected chi connectivity index (χ0v) is 14.7. The maximum absolute atomic E-state index is 10.4. The average molecular weight is 302 g/mol. The molecule has 0 aromatic heterocycles. The minimum atomic E-state index is -1.20. The maximum Gasteiger partial charge on any atom is 0.141 e. The van der Waals surface area contributed by atoms with Crippen LogP contribution in [0.3, 0.4) is 0 Å². The molecule has 0 heterocycles. The molecule has 0 spiro atoms. The Morgan fingerprint density at radius 1 is 1.32 bits per heavy atom. The molecule has 0 aliphatic heterocycles. The molecule has 1 aliphatic rings. The van der Waals surface area contributed by atoms with Crippen LogP contribution < -0.4 is 0 Å². The fourth-order valence-corrected chi connectivity index (χ4v) is 2.77. The fraction of sp³-hybridized carbons (Fsp3) is 0.600. The molecule has 0 aromatic rings. The molecular formula is C20H30O2. The molecule has 0 amide bonds. The van der Waals surface area contributed by atoms with Crippen molar-refractivity contribution in [2.24, 2.45) is 5.41 Å². The molecule has 0 bridgehead atoms. The summed E-state index contributed by atoms with van der Waals surface area (Å²) in [6.45, 7) is 13.6. The van der Waals surface area contributed by atoms with E-state index in [0.717, 1.165) is 6.42 Å². The van der Waals surface area contributed by atoms with E-state index in [1.807, 2.05) is 6.08 Å². The standard InChI is InChI=1S/C20H30O2/c1-7-19(5,21)13-9-14-20(6,22)15-11-17-16(2)10-8-12-18(17,3)4/h7,11,15,21-22H,1,8,10,12-13H2,2-6H3. The van der Waals surface area contributed by atoms with Crippen LogP contribution in [0.4, 0.5) is 0 Å². The molecule has 0 saturated heterocycles. The predicted octanol–water partition coefficient (Wildman–Crippen LogP) is 4.15. The van der Waals surface area contributed by atoms with Crippen molar-refractivity contribution >= 4 is 0 Å². The van der Waals surface area contributed by atoms with Gasteiger partial charge in [-0.3, -0.25) is 0 Å². The molecule has 0 saturated carbocycles. The number of aliphatic hydroxyl groups is 2. The predicted molar refractivity (Wildman–Crippen MR) is 93.3 cm³/mol. The van der Waals surface area contributed by atoms with Crippen LogP contribution in [0.15, 0.2) is 36.0 Å². The van der Waals surface area contributed by atoms with Gasteiger partial charge in [0.1, 0.15) is 5.60 Å². The Bertz CT molecular complexity index is 534. The van der Waals surface area contributed by atoms with Gasteiger partial charge in [0.2, 0.25) is 0 Å².